The van der Waals surface area contributed by atoms with Gasteiger partial charge >= 0.3 is 11.9 Å². The van der Waals surface area contributed by atoms with E-state index in [-0.39, 0.29) is 22.3 Å². The second-order valence-electron chi connectivity index (χ2n) is 4.90. The van der Waals surface area contributed by atoms with Gasteiger partial charge < -0.3 is 0 Å². The molecule has 0 aliphatic rings. The second-order valence-corrected chi connectivity index (χ2v) is 9.46. The van der Waals surface area contributed by atoms with E-state index in [0.717, 1.165) is 0 Å². The minimum absolute atomic E-state index is 0.0247. The summed E-state index contributed by atoms with van der Waals surface area (Å²) in [6.45, 7) is 0. The first-order chi connectivity index (χ1) is 12.0. The van der Waals surface area contributed by atoms with E-state index in [2.05, 4.69) is 9.78 Å². The van der Waals surface area contributed by atoms with Gasteiger partial charge in [0.05, 0.1) is 11.1 Å². The Balaban J connectivity index is 2.07. The Morgan fingerprint density at radius 2 is 1.00 bits per heavy atom. The summed E-state index contributed by atoms with van der Waals surface area (Å²) in [5.74, 6) is -1.90. The molecule has 0 aliphatic heterocycles. The van der Waals surface area contributed by atoms with Crippen LogP contribution in [-0.2, 0) is 17.4 Å². The third-order valence-electron chi connectivity index (χ3n) is 3.04. The molecule has 0 unspecified atom stereocenters. The molecule has 0 radical (unpaired) electrons. The van der Waals surface area contributed by atoms with Crippen LogP contribution in [0.1, 0.15) is 31.8 Å². The lowest BCUT2D eigenvalue weighted by atomic mass is 10.1. The Bertz CT molecular complexity index is 756. The van der Waals surface area contributed by atoms with Crippen LogP contribution < -0.4 is 0 Å². The van der Waals surface area contributed by atoms with E-state index in [1.54, 1.807) is 0 Å². The molecule has 0 aliphatic carbocycles. The van der Waals surface area contributed by atoms with E-state index in [1.165, 1.54) is 48.5 Å². The van der Waals surface area contributed by atoms with Crippen molar-refractivity contribution in [3.63, 3.8) is 0 Å². The molecule has 0 fully saturated rings. The molecule has 0 heterocycles. The summed E-state index contributed by atoms with van der Waals surface area (Å²) >= 11 is 34.5. The van der Waals surface area contributed by atoms with Crippen molar-refractivity contribution in [3.8, 4) is 0 Å². The maximum atomic E-state index is 12.0. The van der Waals surface area contributed by atoms with Crippen molar-refractivity contribution in [2.45, 2.75) is 7.59 Å². The Hall–Kier alpha value is -0.880. The van der Waals surface area contributed by atoms with Crippen molar-refractivity contribution in [2.75, 3.05) is 0 Å². The number of carbonyl (C=O) groups excluding carboxylic acids is 2. The fourth-order valence-corrected chi connectivity index (χ4v) is 2.52. The smallest absolute Gasteiger partial charge is 0.242 e. The monoisotopic (exact) mass is 474 g/mol. The Morgan fingerprint density at radius 1 is 0.654 bits per heavy atom. The number of halogens is 6. The fourth-order valence-electron chi connectivity index (χ4n) is 1.82. The first kappa shape index (κ1) is 21.4. The molecule has 0 spiro atoms. The topological polar surface area (TPSA) is 52.6 Å². The lowest BCUT2D eigenvalue weighted by Gasteiger charge is -2.12. The van der Waals surface area contributed by atoms with Gasteiger partial charge in [-0.3, -0.25) is 0 Å². The summed E-state index contributed by atoms with van der Waals surface area (Å²) < 4.78 is -3.44. The summed E-state index contributed by atoms with van der Waals surface area (Å²) in [7, 11) is 0. The lowest BCUT2D eigenvalue weighted by Crippen LogP contribution is -2.13. The fraction of sp³-hybridized carbons (Fsp3) is 0.125. The highest BCUT2D eigenvalue weighted by molar-refractivity contribution is 6.67. The van der Waals surface area contributed by atoms with Crippen LogP contribution in [0.25, 0.3) is 0 Å². The summed E-state index contributed by atoms with van der Waals surface area (Å²) in [4.78, 5) is 33.0. The van der Waals surface area contributed by atoms with E-state index in [1.807, 2.05) is 0 Å². The number of alkyl halides is 6. The van der Waals surface area contributed by atoms with Crippen LogP contribution in [0.5, 0.6) is 0 Å². The molecule has 0 saturated carbocycles. The van der Waals surface area contributed by atoms with Gasteiger partial charge in [-0.2, -0.15) is 0 Å². The van der Waals surface area contributed by atoms with Gasteiger partial charge in [-0.25, -0.2) is 19.4 Å². The maximum absolute atomic E-state index is 12.0. The van der Waals surface area contributed by atoms with Gasteiger partial charge in [0.15, 0.2) is 0 Å². The zero-order valence-corrected chi connectivity index (χ0v) is 17.1. The van der Waals surface area contributed by atoms with Crippen molar-refractivity contribution in [2.24, 2.45) is 0 Å². The molecule has 0 saturated heterocycles. The van der Waals surface area contributed by atoms with Crippen molar-refractivity contribution < 1.29 is 19.4 Å². The lowest BCUT2D eigenvalue weighted by molar-refractivity contribution is -0.187. The molecule has 2 aromatic carbocycles. The first-order valence-corrected chi connectivity index (χ1v) is 9.03. The number of carbonyl (C=O) groups is 2. The molecule has 10 heteroatoms. The average molecular weight is 477 g/mol. The van der Waals surface area contributed by atoms with Gasteiger partial charge in [0, 0.05) is 11.1 Å². The molecule has 4 nitrogen and oxygen atoms in total. The van der Waals surface area contributed by atoms with Crippen LogP contribution in [0.3, 0.4) is 0 Å². The molecule has 2 rings (SSSR count). The van der Waals surface area contributed by atoms with Crippen LogP contribution in [0, 0.1) is 0 Å². The van der Waals surface area contributed by atoms with Gasteiger partial charge in [0.2, 0.25) is 7.59 Å². The molecule has 0 bridgehead atoms. The van der Waals surface area contributed by atoms with Crippen molar-refractivity contribution in [1.82, 2.24) is 0 Å². The van der Waals surface area contributed by atoms with Crippen molar-refractivity contribution in [3.05, 3.63) is 70.8 Å². The minimum Gasteiger partial charge on any atom is -0.242 e. The molecule has 0 amide bonds. The Labute approximate surface area is 178 Å². The highest BCUT2D eigenvalue weighted by atomic mass is 35.6. The normalized spacial score (nSPS) is 11.8. The maximum Gasteiger partial charge on any atom is 0.386 e. The van der Waals surface area contributed by atoms with Crippen LogP contribution >= 0.6 is 69.6 Å². The highest BCUT2D eigenvalue weighted by Gasteiger charge is 2.26. The minimum atomic E-state index is -1.72. The zero-order chi connectivity index (χ0) is 19.5. The van der Waals surface area contributed by atoms with E-state index < -0.39 is 19.5 Å². The van der Waals surface area contributed by atoms with Crippen LogP contribution in [0.4, 0.5) is 0 Å². The second kappa shape index (κ2) is 8.42. The van der Waals surface area contributed by atoms with E-state index in [4.69, 9.17) is 69.6 Å². The predicted molar refractivity (Wildman–Crippen MR) is 102 cm³/mol. The standard InChI is InChI=1S/C16H8Cl6O4/c17-15(18,19)11-5-1-3-9(7-11)13(23)25-26-14(24)10-4-2-6-12(8-10)16(20,21)22/h1-8H. The van der Waals surface area contributed by atoms with Gasteiger partial charge in [0.25, 0.3) is 0 Å². The van der Waals surface area contributed by atoms with Crippen molar-refractivity contribution >= 4 is 81.5 Å². The van der Waals surface area contributed by atoms with E-state index >= 15 is 0 Å². The molecular formula is C16H8Cl6O4. The average Bonchev–Trinajstić information content (AvgIpc) is 2.58. The third kappa shape index (κ3) is 5.81. The molecule has 0 aromatic heterocycles. The number of benzene rings is 2. The molecule has 2 aromatic rings. The molecule has 138 valence electrons. The summed E-state index contributed by atoms with van der Waals surface area (Å²) in [5, 5.41) is 0. The molecule has 0 N–H and O–H groups in total. The molecule has 0 atom stereocenters. The van der Waals surface area contributed by atoms with Crippen molar-refractivity contribution in [1.29, 1.82) is 0 Å². The van der Waals surface area contributed by atoms with Crippen LogP contribution in [-0.4, -0.2) is 11.9 Å². The quantitative estimate of drug-likeness (QED) is 0.291. The first-order valence-electron chi connectivity index (χ1n) is 6.76. The van der Waals surface area contributed by atoms with E-state index in [9.17, 15) is 9.59 Å². The van der Waals surface area contributed by atoms with Gasteiger partial charge in [-0.05, 0) is 24.3 Å². The largest absolute Gasteiger partial charge is 0.386 e. The zero-order valence-electron chi connectivity index (χ0n) is 12.5. The number of hydrogen-bond acceptors (Lipinski definition) is 4. The molecular weight excluding hydrogens is 469 g/mol. The predicted octanol–water partition coefficient (Wildman–Crippen LogP) is 6.27. The third-order valence-corrected chi connectivity index (χ3v) is 4.35. The molecule has 26 heavy (non-hydrogen) atoms. The number of rotatable bonds is 2. The van der Waals surface area contributed by atoms with Gasteiger partial charge in [0.1, 0.15) is 0 Å². The highest BCUT2D eigenvalue weighted by Crippen LogP contribution is 2.39. The SMILES string of the molecule is O=C(OOC(=O)c1cccc(C(Cl)(Cl)Cl)c1)c1cccc(C(Cl)(Cl)Cl)c1. The summed E-state index contributed by atoms with van der Waals surface area (Å²) in [5.41, 5.74) is 0.547. The summed E-state index contributed by atoms with van der Waals surface area (Å²) in [6, 6.07) is 11.4. The Kier molecular flexibility index (Phi) is 6.94. The van der Waals surface area contributed by atoms with E-state index in [0.29, 0.717) is 0 Å². The van der Waals surface area contributed by atoms with Gasteiger partial charge in [-0.1, -0.05) is 93.9 Å². The van der Waals surface area contributed by atoms with Gasteiger partial charge in [-0.15, -0.1) is 0 Å². The number of hydrogen-bond donors (Lipinski definition) is 0. The van der Waals surface area contributed by atoms with Crippen LogP contribution in [0.15, 0.2) is 48.5 Å². The summed E-state index contributed by atoms with van der Waals surface area (Å²) in [6.07, 6.45) is 0. The van der Waals surface area contributed by atoms with Crippen LogP contribution in [0.2, 0.25) is 0 Å². The Morgan fingerprint density at radius 3 is 1.31 bits per heavy atom.